The van der Waals surface area contributed by atoms with Crippen molar-refractivity contribution >= 4 is 0 Å². The predicted molar refractivity (Wildman–Crippen MR) is 61.8 cm³/mol. The van der Waals surface area contributed by atoms with Crippen LogP contribution in [-0.2, 0) is 4.74 Å². The molecule has 4 atom stereocenters. The molecule has 2 aliphatic carbocycles. The van der Waals surface area contributed by atoms with E-state index in [9.17, 15) is 0 Å². The SMILES string of the molecule is CC[C@@H]1CCC[C@]2(CC[C@H]3C[C@H]3CO2)C1. The standard InChI is InChI=1S/C14H24O/c1-2-11-4-3-6-14(9-11)7-5-12-8-13(12)10-15-14/h11-13H,2-10H2,1H3/t11-,12+,13+,14+/m1/s1. The molecule has 0 N–H and O–H groups in total. The molecular formula is C14H24O. The van der Waals surface area contributed by atoms with Gasteiger partial charge in [0.15, 0.2) is 0 Å². The lowest BCUT2D eigenvalue weighted by molar-refractivity contribution is -0.0866. The first kappa shape index (κ1) is 10.1. The molecule has 1 spiro atoms. The quantitative estimate of drug-likeness (QED) is 0.637. The van der Waals surface area contributed by atoms with E-state index in [4.69, 9.17) is 4.74 Å². The van der Waals surface area contributed by atoms with Crippen LogP contribution in [0.2, 0.25) is 0 Å². The minimum absolute atomic E-state index is 0.326. The van der Waals surface area contributed by atoms with Gasteiger partial charge in [0.1, 0.15) is 0 Å². The maximum Gasteiger partial charge on any atom is 0.0685 e. The van der Waals surface area contributed by atoms with Crippen molar-refractivity contribution in [3.63, 3.8) is 0 Å². The van der Waals surface area contributed by atoms with Crippen LogP contribution in [0.4, 0.5) is 0 Å². The molecule has 0 aromatic heterocycles. The van der Waals surface area contributed by atoms with Gasteiger partial charge in [-0.25, -0.2) is 0 Å². The number of hydrogen-bond donors (Lipinski definition) is 0. The second-order valence-corrected chi connectivity index (χ2v) is 6.16. The van der Waals surface area contributed by atoms with Crippen molar-refractivity contribution in [2.75, 3.05) is 6.61 Å². The highest BCUT2D eigenvalue weighted by Gasteiger charge is 2.46. The van der Waals surface area contributed by atoms with E-state index in [1.807, 2.05) is 0 Å². The van der Waals surface area contributed by atoms with Crippen LogP contribution in [0.15, 0.2) is 0 Å². The molecule has 0 aromatic rings. The summed E-state index contributed by atoms with van der Waals surface area (Å²) in [6.45, 7) is 3.43. The van der Waals surface area contributed by atoms with Crippen molar-refractivity contribution in [1.82, 2.24) is 0 Å². The lowest BCUT2D eigenvalue weighted by Gasteiger charge is -2.40. The van der Waals surface area contributed by atoms with Crippen LogP contribution in [0.25, 0.3) is 0 Å². The number of ether oxygens (including phenoxy) is 1. The number of fused-ring (bicyclic) bond motifs is 1. The van der Waals surface area contributed by atoms with Gasteiger partial charge in [-0.15, -0.1) is 0 Å². The summed E-state index contributed by atoms with van der Waals surface area (Å²) < 4.78 is 6.32. The molecule has 3 aliphatic rings. The summed E-state index contributed by atoms with van der Waals surface area (Å²) in [5, 5.41) is 0. The molecule has 86 valence electrons. The van der Waals surface area contributed by atoms with E-state index < -0.39 is 0 Å². The number of hydrogen-bond acceptors (Lipinski definition) is 1. The minimum atomic E-state index is 0.326. The first-order chi connectivity index (χ1) is 7.31. The Bertz CT molecular complexity index is 223. The van der Waals surface area contributed by atoms with E-state index in [1.54, 1.807) is 0 Å². The highest BCUT2D eigenvalue weighted by Crippen LogP contribution is 2.50. The largest absolute Gasteiger partial charge is 0.375 e. The summed E-state index contributed by atoms with van der Waals surface area (Å²) in [6, 6.07) is 0. The molecular weight excluding hydrogens is 184 g/mol. The van der Waals surface area contributed by atoms with Crippen LogP contribution in [0.5, 0.6) is 0 Å². The van der Waals surface area contributed by atoms with Gasteiger partial charge in [0, 0.05) is 0 Å². The molecule has 3 rings (SSSR count). The van der Waals surface area contributed by atoms with Gasteiger partial charge < -0.3 is 4.74 Å². The van der Waals surface area contributed by atoms with Crippen molar-refractivity contribution in [2.45, 2.75) is 63.9 Å². The second-order valence-electron chi connectivity index (χ2n) is 6.16. The van der Waals surface area contributed by atoms with Gasteiger partial charge in [-0.3, -0.25) is 0 Å². The van der Waals surface area contributed by atoms with Gasteiger partial charge in [-0.1, -0.05) is 26.2 Å². The second kappa shape index (κ2) is 3.76. The van der Waals surface area contributed by atoms with E-state index in [1.165, 1.54) is 51.4 Å². The van der Waals surface area contributed by atoms with Crippen LogP contribution >= 0.6 is 0 Å². The Morgan fingerprint density at radius 2 is 2.13 bits per heavy atom. The molecule has 15 heavy (non-hydrogen) atoms. The van der Waals surface area contributed by atoms with Gasteiger partial charge in [0.05, 0.1) is 12.2 Å². The third-order valence-electron chi connectivity index (χ3n) is 5.13. The molecule has 0 unspecified atom stereocenters. The minimum Gasteiger partial charge on any atom is -0.375 e. The molecule has 0 aromatic carbocycles. The summed E-state index contributed by atoms with van der Waals surface area (Å²) in [6.07, 6.45) is 11.2. The molecule has 2 saturated carbocycles. The van der Waals surface area contributed by atoms with Crippen LogP contribution in [0.1, 0.15) is 58.3 Å². The summed E-state index contributed by atoms with van der Waals surface area (Å²) in [7, 11) is 0. The zero-order valence-electron chi connectivity index (χ0n) is 10.0. The fraction of sp³-hybridized carbons (Fsp3) is 1.00. The zero-order valence-corrected chi connectivity index (χ0v) is 10.0. The van der Waals surface area contributed by atoms with Crippen molar-refractivity contribution in [1.29, 1.82) is 0 Å². The van der Waals surface area contributed by atoms with Crippen LogP contribution in [-0.4, -0.2) is 12.2 Å². The molecule has 1 heteroatoms. The molecule has 0 radical (unpaired) electrons. The van der Waals surface area contributed by atoms with Crippen molar-refractivity contribution in [2.24, 2.45) is 17.8 Å². The predicted octanol–water partition coefficient (Wildman–Crippen LogP) is 3.77. The monoisotopic (exact) mass is 208 g/mol. The summed E-state index contributed by atoms with van der Waals surface area (Å²) in [5.41, 5.74) is 0.326. The molecule has 0 amide bonds. The third-order valence-corrected chi connectivity index (χ3v) is 5.13. The molecule has 1 saturated heterocycles. The Kier molecular flexibility index (Phi) is 2.54. The molecule has 1 nitrogen and oxygen atoms in total. The average Bonchev–Trinajstić information content (AvgIpc) is 3.03. The fourth-order valence-corrected chi connectivity index (χ4v) is 3.82. The van der Waals surface area contributed by atoms with E-state index in [0.717, 1.165) is 24.4 Å². The number of rotatable bonds is 1. The Morgan fingerprint density at radius 3 is 3.00 bits per heavy atom. The normalized spacial score (nSPS) is 49.8. The van der Waals surface area contributed by atoms with E-state index in [0.29, 0.717) is 5.60 Å². The fourth-order valence-electron chi connectivity index (χ4n) is 3.82. The summed E-state index contributed by atoms with van der Waals surface area (Å²) in [4.78, 5) is 0. The Morgan fingerprint density at radius 1 is 1.20 bits per heavy atom. The highest BCUT2D eigenvalue weighted by atomic mass is 16.5. The van der Waals surface area contributed by atoms with Crippen LogP contribution in [0.3, 0.4) is 0 Å². The van der Waals surface area contributed by atoms with Crippen molar-refractivity contribution in [3.05, 3.63) is 0 Å². The first-order valence-electron chi connectivity index (χ1n) is 6.95. The van der Waals surface area contributed by atoms with Crippen molar-refractivity contribution < 1.29 is 4.74 Å². The lowest BCUT2D eigenvalue weighted by Crippen LogP contribution is -2.38. The third kappa shape index (κ3) is 1.95. The van der Waals surface area contributed by atoms with Gasteiger partial charge >= 0.3 is 0 Å². The van der Waals surface area contributed by atoms with Gasteiger partial charge in [-0.05, 0) is 49.9 Å². The van der Waals surface area contributed by atoms with E-state index in [-0.39, 0.29) is 0 Å². The molecule has 1 heterocycles. The van der Waals surface area contributed by atoms with Gasteiger partial charge in [-0.2, -0.15) is 0 Å². The van der Waals surface area contributed by atoms with Crippen LogP contribution < -0.4 is 0 Å². The first-order valence-corrected chi connectivity index (χ1v) is 6.95. The zero-order chi connectivity index (χ0) is 10.3. The average molecular weight is 208 g/mol. The molecule has 3 fully saturated rings. The Hall–Kier alpha value is -0.0400. The van der Waals surface area contributed by atoms with Crippen molar-refractivity contribution in [3.8, 4) is 0 Å². The van der Waals surface area contributed by atoms with E-state index >= 15 is 0 Å². The lowest BCUT2D eigenvalue weighted by atomic mass is 9.74. The maximum atomic E-state index is 6.32. The summed E-state index contributed by atoms with van der Waals surface area (Å²) >= 11 is 0. The summed E-state index contributed by atoms with van der Waals surface area (Å²) in [5.74, 6) is 2.95. The molecule has 0 bridgehead atoms. The smallest absolute Gasteiger partial charge is 0.0685 e. The van der Waals surface area contributed by atoms with Gasteiger partial charge in [0.2, 0.25) is 0 Å². The highest BCUT2D eigenvalue weighted by molar-refractivity contribution is 4.96. The maximum absolute atomic E-state index is 6.32. The van der Waals surface area contributed by atoms with Gasteiger partial charge in [0.25, 0.3) is 0 Å². The topological polar surface area (TPSA) is 9.23 Å². The Balaban J connectivity index is 1.66. The molecule has 1 aliphatic heterocycles. The van der Waals surface area contributed by atoms with Crippen LogP contribution in [0, 0.1) is 17.8 Å². The Labute approximate surface area is 93.6 Å². The van der Waals surface area contributed by atoms with E-state index in [2.05, 4.69) is 6.92 Å².